The first kappa shape index (κ1) is 11.8. The fraction of sp³-hybridized carbons (Fsp3) is 0.538. The number of hydrogen-bond acceptors (Lipinski definition) is 3. The maximum absolute atomic E-state index is 9.65. The Morgan fingerprint density at radius 3 is 3.00 bits per heavy atom. The van der Waals surface area contributed by atoms with E-state index in [0.29, 0.717) is 6.54 Å². The van der Waals surface area contributed by atoms with Crippen LogP contribution in [0.15, 0.2) is 23.1 Å². The first-order valence-corrected chi connectivity index (χ1v) is 6.75. The first-order chi connectivity index (χ1) is 7.54. The third kappa shape index (κ3) is 3.16. The van der Waals surface area contributed by atoms with Crippen LogP contribution in [0.25, 0.3) is 0 Å². The molecule has 1 heterocycles. The molecule has 0 unspecified atom stereocenters. The highest BCUT2D eigenvalue weighted by Crippen LogP contribution is 2.31. The molecule has 0 atom stereocenters. The number of nitrogens with one attached hydrogen (secondary N) is 1. The normalized spacial score (nSPS) is 15.7. The van der Waals surface area contributed by atoms with Gasteiger partial charge in [0.05, 0.1) is 5.60 Å². The Morgan fingerprint density at radius 1 is 1.44 bits per heavy atom. The van der Waals surface area contributed by atoms with E-state index < -0.39 is 5.60 Å². The molecule has 1 aromatic carbocycles. The zero-order valence-electron chi connectivity index (χ0n) is 9.92. The molecule has 0 saturated carbocycles. The first-order valence-electron chi connectivity index (χ1n) is 5.77. The van der Waals surface area contributed by atoms with Crippen LogP contribution in [0.1, 0.15) is 25.8 Å². The molecule has 1 aromatic rings. The number of aliphatic hydroxyl groups is 1. The van der Waals surface area contributed by atoms with Crippen LogP contribution in [0.4, 0.5) is 5.69 Å². The molecule has 0 amide bonds. The summed E-state index contributed by atoms with van der Waals surface area (Å²) in [5.74, 6) is 1.24. The van der Waals surface area contributed by atoms with Crippen molar-refractivity contribution in [1.29, 1.82) is 0 Å². The molecule has 0 spiro atoms. The Morgan fingerprint density at radius 2 is 2.25 bits per heavy atom. The van der Waals surface area contributed by atoms with Crippen molar-refractivity contribution < 1.29 is 5.11 Å². The molecule has 1 aliphatic heterocycles. The van der Waals surface area contributed by atoms with Gasteiger partial charge < -0.3 is 10.4 Å². The van der Waals surface area contributed by atoms with Crippen molar-refractivity contribution in [2.75, 3.05) is 17.6 Å². The standard InChI is InChI=1S/C13H19NOS/c1-13(2,15)9-14-11-5-6-12-10(8-11)4-3-7-16-12/h5-6,8,14-15H,3-4,7,9H2,1-2H3. The minimum absolute atomic E-state index is 0.582. The molecule has 0 fully saturated rings. The summed E-state index contributed by atoms with van der Waals surface area (Å²) in [6.07, 6.45) is 2.45. The largest absolute Gasteiger partial charge is 0.389 e. The van der Waals surface area contributed by atoms with Gasteiger partial charge in [-0.05, 0) is 56.2 Å². The van der Waals surface area contributed by atoms with Crippen LogP contribution in [0.2, 0.25) is 0 Å². The summed E-state index contributed by atoms with van der Waals surface area (Å²) in [7, 11) is 0. The Hall–Kier alpha value is -0.670. The lowest BCUT2D eigenvalue weighted by Crippen LogP contribution is -2.29. The van der Waals surface area contributed by atoms with Crippen LogP contribution in [-0.2, 0) is 6.42 Å². The van der Waals surface area contributed by atoms with Crippen LogP contribution >= 0.6 is 11.8 Å². The summed E-state index contributed by atoms with van der Waals surface area (Å²) in [5, 5.41) is 12.9. The number of rotatable bonds is 3. The van der Waals surface area contributed by atoms with Crippen LogP contribution in [0, 0.1) is 0 Å². The number of thioether (sulfide) groups is 1. The predicted molar refractivity (Wildman–Crippen MR) is 70.3 cm³/mol. The van der Waals surface area contributed by atoms with Gasteiger partial charge in [-0.3, -0.25) is 0 Å². The summed E-state index contributed by atoms with van der Waals surface area (Å²) >= 11 is 1.94. The van der Waals surface area contributed by atoms with E-state index in [2.05, 4.69) is 23.5 Å². The van der Waals surface area contributed by atoms with Crippen molar-refractivity contribution in [2.24, 2.45) is 0 Å². The lowest BCUT2D eigenvalue weighted by molar-refractivity contribution is 0.0945. The van der Waals surface area contributed by atoms with Crippen molar-refractivity contribution in [1.82, 2.24) is 0 Å². The van der Waals surface area contributed by atoms with Crippen LogP contribution in [0.3, 0.4) is 0 Å². The molecule has 2 rings (SSSR count). The van der Waals surface area contributed by atoms with Crippen molar-refractivity contribution in [3.8, 4) is 0 Å². The van der Waals surface area contributed by atoms with E-state index in [-0.39, 0.29) is 0 Å². The molecule has 1 aliphatic rings. The van der Waals surface area contributed by atoms with E-state index in [1.165, 1.54) is 29.1 Å². The van der Waals surface area contributed by atoms with Gasteiger partial charge in [-0.2, -0.15) is 0 Å². The van der Waals surface area contributed by atoms with Gasteiger partial charge >= 0.3 is 0 Å². The minimum Gasteiger partial charge on any atom is -0.389 e. The minimum atomic E-state index is -0.662. The van der Waals surface area contributed by atoms with E-state index in [0.717, 1.165) is 5.69 Å². The van der Waals surface area contributed by atoms with Gasteiger partial charge in [0.1, 0.15) is 0 Å². The summed E-state index contributed by atoms with van der Waals surface area (Å²) in [6, 6.07) is 6.50. The quantitative estimate of drug-likeness (QED) is 0.848. The van der Waals surface area contributed by atoms with Crippen molar-refractivity contribution in [3.63, 3.8) is 0 Å². The van der Waals surface area contributed by atoms with Gasteiger partial charge in [0.15, 0.2) is 0 Å². The zero-order valence-corrected chi connectivity index (χ0v) is 10.7. The van der Waals surface area contributed by atoms with Crippen molar-refractivity contribution in [2.45, 2.75) is 37.2 Å². The Kier molecular flexibility index (Phi) is 3.45. The van der Waals surface area contributed by atoms with E-state index >= 15 is 0 Å². The molecule has 3 heteroatoms. The summed E-state index contributed by atoms with van der Waals surface area (Å²) < 4.78 is 0. The predicted octanol–water partition coefficient (Wildman–Crippen LogP) is 2.91. The second-order valence-corrected chi connectivity index (χ2v) is 6.08. The number of fused-ring (bicyclic) bond motifs is 1. The molecule has 2 N–H and O–H groups in total. The number of benzene rings is 1. The fourth-order valence-electron chi connectivity index (χ4n) is 1.79. The average molecular weight is 237 g/mol. The van der Waals surface area contributed by atoms with E-state index in [4.69, 9.17) is 0 Å². The molecule has 0 radical (unpaired) electrons. The summed E-state index contributed by atoms with van der Waals surface area (Å²) in [6.45, 7) is 4.21. The number of anilines is 1. The van der Waals surface area contributed by atoms with Gasteiger partial charge in [-0.25, -0.2) is 0 Å². The zero-order chi connectivity index (χ0) is 11.6. The molecule has 0 bridgehead atoms. The van der Waals surface area contributed by atoms with Crippen LogP contribution < -0.4 is 5.32 Å². The molecule has 2 nitrogen and oxygen atoms in total. The topological polar surface area (TPSA) is 32.3 Å². The van der Waals surface area contributed by atoms with Gasteiger partial charge in [0.25, 0.3) is 0 Å². The number of hydrogen-bond donors (Lipinski definition) is 2. The molecular weight excluding hydrogens is 218 g/mol. The molecule has 0 saturated heterocycles. The van der Waals surface area contributed by atoms with Crippen LogP contribution in [0.5, 0.6) is 0 Å². The Labute approximate surface area is 101 Å². The van der Waals surface area contributed by atoms with E-state index in [9.17, 15) is 5.11 Å². The monoisotopic (exact) mass is 237 g/mol. The molecule has 88 valence electrons. The SMILES string of the molecule is CC(C)(O)CNc1ccc2c(c1)CCCS2. The van der Waals surface area contributed by atoms with Gasteiger partial charge in [-0.1, -0.05) is 0 Å². The van der Waals surface area contributed by atoms with Gasteiger partial charge in [-0.15, -0.1) is 11.8 Å². The van der Waals surface area contributed by atoms with Gasteiger partial charge in [0, 0.05) is 17.1 Å². The average Bonchev–Trinajstić information content (AvgIpc) is 2.25. The third-order valence-electron chi connectivity index (χ3n) is 2.63. The molecule has 0 aromatic heterocycles. The smallest absolute Gasteiger partial charge is 0.0763 e. The maximum atomic E-state index is 9.65. The maximum Gasteiger partial charge on any atom is 0.0763 e. The fourth-order valence-corrected chi connectivity index (χ4v) is 2.81. The van der Waals surface area contributed by atoms with E-state index in [1.54, 1.807) is 0 Å². The van der Waals surface area contributed by atoms with Crippen molar-refractivity contribution in [3.05, 3.63) is 23.8 Å². The second-order valence-electron chi connectivity index (χ2n) is 4.94. The second kappa shape index (κ2) is 4.68. The Bertz CT molecular complexity index is 371. The lowest BCUT2D eigenvalue weighted by Gasteiger charge is -2.20. The van der Waals surface area contributed by atoms with Gasteiger partial charge in [0.2, 0.25) is 0 Å². The summed E-state index contributed by atoms with van der Waals surface area (Å²) in [4.78, 5) is 1.42. The third-order valence-corrected chi connectivity index (χ3v) is 3.84. The molecular formula is C13H19NOS. The molecule has 16 heavy (non-hydrogen) atoms. The van der Waals surface area contributed by atoms with E-state index in [1.807, 2.05) is 25.6 Å². The highest BCUT2D eigenvalue weighted by Gasteiger charge is 2.13. The van der Waals surface area contributed by atoms with Crippen LogP contribution in [-0.4, -0.2) is 23.0 Å². The lowest BCUT2D eigenvalue weighted by atomic mass is 10.1. The molecule has 0 aliphatic carbocycles. The Balaban J connectivity index is 2.06. The highest BCUT2D eigenvalue weighted by molar-refractivity contribution is 7.99. The summed E-state index contributed by atoms with van der Waals surface area (Å²) in [5.41, 5.74) is 1.89. The number of aryl methyl sites for hydroxylation is 1. The van der Waals surface area contributed by atoms with Crippen molar-refractivity contribution >= 4 is 17.4 Å². The highest BCUT2D eigenvalue weighted by atomic mass is 32.2.